The second kappa shape index (κ2) is 4.16. The Hall–Kier alpha value is -0.780. The van der Waals surface area contributed by atoms with Crippen molar-refractivity contribution in [1.29, 1.82) is 0 Å². The lowest BCUT2D eigenvalue weighted by Gasteiger charge is -2.03. The Morgan fingerprint density at radius 3 is 2.50 bits per heavy atom. The van der Waals surface area contributed by atoms with Gasteiger partial charge in [0.05, 0.1) is 22.3 Å². The summed E-state index contributed by atoms with van der Waals surface area (Å²) in [7, 11) is -3.50. The maximum atomic E-state index is 11.4. The van der Waals surface area contributed by atoms with Gasteiger partial charge in [0, 0.05) is 0 Å². The summed E-state index contributed by atoms with van der Waals surface area (Å²) in [6.45, 7) is -0.444. The molecular formula is C8H9ClO4S. The molecule has 0 saturated heterocycles. The second-order valence-corrected chi connectivity index (χ2v) is 5.17. The third-order valence-electron chi connectivity index (χ3n) is 1.64. The second-order valence-electron chi connectivity index (χ2n) is 2.66. The van der Waals surface area contributed by atoms with Gasteiger partial charge in [-0.05, 0) is 18.2 Å². The standard InChI is InChI=1S/C8H9ClO4S/c9-7-5-6(1-2-8(7)11)14(12,13)4-3-10/h1-2,5,10-11H,3-4H2. The molecule has 0 aliphatic heterocycles. The summed E-state index contributed by atoms with van der Waals surface area (Å²) in [5.74, 6) is -0.525. The van der Waals surface area contributed by atoms with E-state index in [1.54, 1.807) is 0 Å². The number of hydrogen-bond donors (Lipinski definition) is 2. The largest absolute Gasteiger partial charge is 0.506 e. The van der Waals surface area contributed by atoms with Gasteiger partial charge in [-0.1, -0.05) is 11.6 Å². The SMILES string of the molecule is O=S(=O)(CCO)c1ccc(O)c(Cl)c1. The van der Waals surface area contributed by atoms with Crippen molar-refractivity contribution in [1.82, 2.24) is 0 Å². The Morgan fingerprint density at radius 1 is 1.36 bits per heavy atom. The normalized spacial score (nSPS) is 11.6. The molecule has 0 aliphatic rings. The molecule has 0 amide bonds. The summed E-state index contributed by atoms with van der Waals surface area (Å²) >= 11 is 5.54. The van der Waals surface area contributed by atoms with Gasteiger partial charge in [-0.15, -0.1) is 0 Å². The number of rotatable bonds is 3. The molecule has 0 radical (unpaired) electrons. The first-order valence-corrected chi connectivity index (χ1v) is 5.82. The average Bonchev–Trinajstić information content (AvgIpc) is 2.09. The van der Waals surface area contributed by atoms with Crippen LogP contribution in [0.5, 0.6) is 5.75 Å². The first-order valence-electron chi connectivity index (χ1n) is 3.79. The number of phenolic OH excluding ortho intramolecular Hbond substituents is 1. The Balaban J connectivity index is 3.15. The number of sulfone groups is 1. The highest BCUT2D eigenvalue weighted by molar-refractivity contribution is 7.91. The van der Waals surface area contributed by atoms with Crippen LogP contribution in [0.2, 0.25) is 5.02 Å². The van der Waals surface area contributed by atoms with Crippen molar-refractivity contribution in [2.24, 2.45) is 0 Å². The number of halogens is 1. The zero-order valence-electron chi connectivity index (χ0n) is 7.14. The quantitative estimate of drug-likeness (QED) is 0.815. The highest BCUT2D eigenvalue weighted by Crippen LogP contribution is 2.26. The third-order valence-corrected chi connectivity index (χ3v) is 3.63. The fourth-order valence-corrected chi connectivity index (χ4v) is 2.21. The molecule has 0 bridgehead atoms. The van der Waals surface area contributed by atoms with Gasteiger partial charge in [-0.25, -0.2) is 8.42 Å². The van der Waals surface area contributed by atoms with Gasteiger partial charge in [-0.3, -0.25) is 0 Å². The number of aliphatic hydroxyl groups is 1. The average molecular weight is 237 g/mol. The van der Waals surface area contributed by atoms with Crippen LogP contribution in [0.4, 0.5) is 0 Å². The lowest BCUT2D eigenvalue weighted by atomic mass is 10.3. The van der Waals surface area contributed by atoms with Crippen LogP contribution in [-0.4, -0.2) is 31.0 Å². The van der Waals surface area contributed by atoms with E-state index in [0.29, 0.717) is 0 Å². The Morgan fingerprint density at radius 2 is 2.00 bits per heavy atom. The molecule has 1 aromatic rings. The van der Waals surface area contributed by atoms with Gasteiger partial charge >= 0.3 is 0 Å². The predicted molar refractivity (Wildman–Crippen MR) is 52.3 cm³/mol. The van der Waals surface area contributed by atoms with E-state index in [4.69, 9.17) is 21.8 Å². The van der Waals surface area contributed by atoms with Crippen molar-refractivity contribution >= 4 is 21.4 Å². The molecule has 0 unspecified atom stereocenters. The molecule has 0 saturated carbocycles. The van der Waals surface area contributed by atoms with Crippen molar-refractivity contribution in [2.75, 3.05) is 12.4 Å². The Bertz CT molecular complexity index is 427. The Kier molecular flexibility index (Phi) is 3.36. The zero-order valence-corrected chi connectivity index (χ0v) is 8.72. The van der Waals surface area contributed by atoms with E-state index in [-0.39, 0.29) is 21.4 Å². The smallest absolute Gasteiger partial charge is 0.180 e. The molecule has 0 spiro atoms. The molecule has 0 aliphatic carbocycles. The van der Waals surface area contributed by atoms with Crippen molar-refractivity contribution < 1.29 is 18.6 Å². The van der Waals surface area contributed by atoms with Crippen molar-refractivity contribution in [3.05, 3.63) is 23.2 Å². The molecule has 0 aromatic heterocycles. The van der Waals surface area contributed by atoms with Crippen LogP contribution < -0.4 is 0 Å². The number of aliphatic hydroxyl groups excluding tert-OH is 1. The zero-order chi connectivity index (χ0) is 10.8. The van der Waals surface area contributed by atoms with E-state index in [1.807, 2.05) is 0 Å². The van der Waals surface area contributed by atoms with Crippen LogP contribution in [0.1, 0.15) is 0 Å². The number of phenols is 1. The van der Waals surface area contributed by atoms with Crippen molar-refractivity contribution in [3.8, 4) is 5.75 Å². The van der Waals surface area contributed by atoms with Crippen LogP contribution in [-0.2, 0) is 9.84 Å². The summed E-state index contributed by atoms with van der Waals surface area (Å²) in [5.41, 5.74) is 0. The monoisotopic (exact) mass is 236 g/mol. The summed E-state index contributed by atoms with van der Waals surface area (Å²) < 4.78 is 22.8. The van der Waals surface area contributed by atoms with Crippen molar-refractivity contribution in [3.63, 3.8) is 0 Å². The van der Waals surface area contributed by atoms with Gasteiger partial charge in [0.15, 0.2) is 9.84 Å². The molecule has 1 rings (SSSR count). The molecule has 2 N–H and O–H groups in total. The van der Waals surface area contributed by atoms with Crippen LogP contribution in [0.25, 0.3) is 0 Å². The summed E-state index contributed by atoms with van der Waals surface area (Å²) in [6.07, 6.45) is 0. The minimum atomic E-state index is -3.50. The van der Waals surface area contributed by atoms with Crippen LogP contribution >= 0.6 is 11.6 Å². The van der Waals surface area contributed by atoms with Gasteiger partial charge in [0.1, 0.15) is 5.75 Å². The summed E-state index contributed by atoms with van der Waals surface area (Å²) in [4.78, 5) is -0.00523. The maximum absolute atomic E-state index is 11.4. The number of aromatic hydroxyl groups is 1. The van der Waals surface area contributed by atoms with Gasteiger partial charge in [0.25, 0.3) is 0 Å². The van der Waals surface area contributed by atoms with Crippen LogP contribution in [0.15, 0.2) is 23.1 Å². The summed E-state index contributed by atoms with van der Waals surface area (Å²) in [6, 6.07) is 3.60. The highest BCUT2D eigenvalue weighted by atomic mass is 35.5. The minimum absolute atomic E-state index is 0.00523. The molecule has 0 atom stereocenters. The molecule has 14 heavy (non-hydrogen) atoms. The topological polar surface area (TPSA) is 74.6 Å². The third kappa shape index (κ3) is 2.37. The first kappa shape index (κ1) is 11.3. The van der Waals surface area contributed by atoms with Crippen LogP contribution in [0.3, 0.4) is 0 Å². The predicted octanol–water partition coefficient (Wildman–Crippen LogP) is 0.812. The molecular weight excluding hydrogens is 228 g/mol. The van der Waals surface area contributed by atoms with E-state index in [0.717, 1.165) is 6.07 Å². The Labute approximate surface area is 86.7 Å². The van der Waals surface area contributed by atoms with E-state index >= 15 is 0 Å². The van der Waals surface area contributed by atoms with Crippen molar-refractivity contribution in [2.45, 2.75) is 4.90 Å². The van der Waals surface area contributed by atoms with E-state index < -0.39 is 16.4 Å². The molecule has 1 aromatic carbocycles. The fourth-order valence-electron chi connectivity index (χ4n) is 0.919. The van der Waals surface area contributed by atoms with Crippen LogP contribution in [0, 0.1) is 0 Å². The lowest BCUT2D eigenvalue weighted by molar-refractivity contribution is 0.319. The minimum Gasteiger partial charge on any atom is -0.506 e. The maximum Gasteiger partial charge on any atom is 0.180 e. The van der Waals surface area contributed by atoms with E-state index in [9.17, 15) is 8.42 Å². The van der Waals surface area contributed by atoms with E-state index in [1.165, 1.54) is 12.1 Å². The highest BCUT2D eigenvalue weighted by Gasteiger charge is 2.14. The number of hydrogen-bond acceptors (Lipinski definition) is 4. The van der Waals surface area contributed by atoms with Gasteiger partial charge < -0.3 is 10.2 Å². The fraction of sp³-hybridized carbons (Fsp3) is 0.250. The summed E-state index contributed by atoms with van der Waals surface area (Å²) in [5, 5.41) is 17.6. The van der Waals surface area contributed by atoms with Gasteiger partial charge in [-0.2, -0.15) is 0 Å². The molecule has 4 nitrogen and oxygen atoms in total. The molecule has 0 fully saturated rings. The first-order chi connectivity index (χ1) is 6.47. The molecule has 78 valence electrons. The number of benzene rings is 1. The lowest BCUT2D eigenvalue weighted by Crippen LogP contribution is -2.09. The molecule has 0 heterocycles. The van der Waals surface area contributed by atoms with E-state index in [2.05, 4.69) is 0 Å². The van der Waals surface area contributed by atoms with Gasteiger partial charge in [0.2, 0.25) is 0 Å². The molecule has 6 heteroatoms.